The fourth-order valence-electron chi connectivity index (χ4n) is 8.16. The molecule has 4 aliphatic rings. The first-order valence-corrected chi connectivity index (χ1v) is 17.6. The number of nitrogens with one attached hydrogen (secondary N) is 3. The van der Waals surface area contributed by atoms with Crippen LogP contribution in [0.4, 0.5) is 10.1 Å². The molecule has 2 bridgehead atoms. The summed E-state index contributed by atoms with van der Waals surface area (Å²) in [6, 6.07) is 5.39. The van der Waals surface area contributed by atoms with Crippen LogP contribution in [0.15, 0.2) is 30.5 Å². The molecule has 11 heteroatoms. The number of Topliss-reactive ketones (excluding diaryl/α,β-unsaturated/α-hetero) is 1. The van der Waals surface area contributed by atoms with Crippen molar-refractivity contribution in [1.29, 1.82) is 0 Å². The standard InChI is InChI=1S/C36H49FN6O4/c1-5-30(44)40-32(34(45)24-17-25-12-13-26(18-24)42(25)4)20(3)23-11-14-28(27(37)19-23)39-36(47)33(31(21-7-8-21)22-9-10-22)41-35(46)29-15-16-38-43(29)6-2/h11,14-16,19-22,24-26,31-33H,5-10,12-13,17-18H2,1-4H3,(H,39,47)(H,40,44)(H,41,46)/t20-,24?,25-,26+,32+,33-/m0/s1. The Morgan fingerprint density at radius 3 is 2.17 bits per heavy atom. The van der Waals surface area contributed by atoms with Crippen LogP contribution in [0.25, 0.3) is 0 Å². The van der Waals surface area contributed by atoms with E-state index in [0.29, 0.717) is 41.7 Å². The molecule has 254 valence electrons. The zero-order chi connectivity index (χ0) is 33.4. The highest BCUT2D eigenvalue weighted by atomic mass is 19.1. The van der Waals surface area contributed by atoms with Gasteiger partial charge in [0.2, 0.25) is 11.8 Å². The fourth-order valence-corrected chi connectivity index (χ4v) is 8.16. The maximum Gasteiger partial charge on any atom is 0.270 e. The second-order valence-corrected chi connectivity index (χ2v) is 14.3. The van der Waals surface area contributed by atoms with Crippen LogP contribution in [0.5, 0.6) is 0 Å². The lowest BCUT2D eigenvalue weighted by Crippen LogP contribution is -2.50. The molecule has 3 heterocycles. The number of piperidine rings is 1. The van der Waals surface area contributed by atoms with Gasteiger partial charge in [0, 0.05) is 43.1 Å². The minimum atomic E-state index is -0.809. The Balaban J connectivity index is 1.19. The number of aromatic nitrogens is 2. The maximum atomic E-state index is 15.8. The molecule has 0 radical (unpaired) electrons. The second-order valence-electron chi connectivity index (χ2n) is 14.3. The van der Waals surface area contributed by atoms with E-state index in [-0.39, 0.29) is 41.5 Å². The molecule has 47 heavy (non-hydrogen) atoms. The number of fused-ring (bicyclic) bond motifs is 2. The van der Waals surface area contributed by atoms with Crippen LogP contribution in [0.3, 0.4) is 0 Å². The molecule has 1 aromatic heterocycles. The Bertz CT molecular complexity index is 1480. The molecular weight excluding hydrogens is 599 g/mol. The number of aryl methyl sites for hydroxylation is 1. The van der Waals surface area contributed by atoms with E-state index in [4.69, 9.17) is 0 Å². The molecule has 3 N–H and O–H groups in total. The minimum Gasteiger partial charge on any atom is -0.346 e. The summed E-state index contributed by atoms with van der Waals surface area (Å²) in [5.74, 6) is -1.56. The quantitative estimate of drug-likeness (QED) is 0.274. The van der Waals surface area contributed by atoms with Crippen molar-refractivity contribution in [1.82, 2.24) is 25.3 Å². The van der Waals surface area contributed by atoms with Crippen molar-refractivity contribution in [3.63, 3.8) is 0 Å². The smallest absolute Gasteiger partial charge is 0.270 e. The third-order valence-electron chi connectivity index (χ3n) is 11.3. The third-order valence-corrected chi connectivity index (χ3v) is 11.3. The number of nitrogens with zero attached hydrogens (tertiary/aromatic N) is 3. The van der Waals surface area contributed by atoms with Crippen LogP contribution in [-0.4, -0.2) is 69.4 Å². The van der Waals surface area contributed by atoms with Crippen molar-refractivity contribution in [2.45, 2.75) is 115 Å². The molecule has 1 unspecified atom stereocenters. The number of benzene rings is 1. The highest BCUT2D eigenvalue weighted by Gasteiger charge is 2.49. The van der Waals surface area contributed by atoms with Gasteiger partial charge in [-0.15, -0.1) is 0 Å². The van der Waals surface area contributed by atoms with Gasteiger partial charge in [-0.3, -0.25) is 23.9 Å². The van der Waals surface area contributed by atoms with Gasteiger partial charge in [-0.25, -0.2) is 4.39 Å². The summed E-state index contributed by atoms with van der Waals surface area (Å²) in [6.07, 6.45) is 9.59. The molecule has 6 atom stereocenters. The number of halogens is 1. The fraction of sp³-hybridized carbons (Fsp3) is 0.639. The average Bonchev–Trinajstić information content (AvgIpc) is 4.01. The van der Waals surface area contributed by atoms with E-state index in [2.05, 4.69) is 33.0 Å². The molecular formula is C36H49FN6O4. The zero-order valence-corrected chi connectivity index (χ0v) is 28.0. The van der Waals surface area contributed by atoms with Gasteiger partial charge in [0.25, 0.3) is 5.91 Å². The molecule has 1 aromatic carbocycles. The predicted octanol–water partition coefficient (Wildman–Crippen LogP) is 4.66. The summed E-state index contributed by atoms with van der Waals surface area (Å²) in [4.78, 5) is 56.1. The number of carbonyl (C=O) groups excluding carboxylic acids is 4. The van der Waals surface area contributed by atoms with Gasteiger partial charge < -0.3 is 20.9 Å². The third kappa shape index (κ3) is 7.15. The molecule has 0 spiro atoms. The molecule has 6 rings (SSSR count). The van der Waals surface area contributed by atoms with Crippen molar-refractivity contribution < 1.29 is 23.6 Å². The first-order chi connectivity index (χ1) is 22.6. The van der Waals surface area contributed by atoms with Gasteiger partial charge in [-0.05, 0) is 107 Å². The summed E-state index contributed by atoms with van der Waals surface area (Å²) in [5, 5.41) is 12.9. The monoisotopic (exact) mass is 648 g/mol. The summed E-state index contributed by atoms with van der Waals surface area (Å²) >= 11 is 0. The molecule has 3 amide bonds. The molecule has 10 nitrogen and oxygen atoms in total. The summed E-state index contributed by atoms with van der Waals surface area (Å²) in [7, 11) is 2.13. The van der Waals surface area contributed by atoms with Crippen LogP contribution in [0.1, 0.15) is 101 Å². The highest BCUT2D eigenvalue weighted by molar-refractivity contribution is 6.01. The number of ketones is 1. The van der Waals surface area contributed by atoms with Gasteiger partial charge in [0.1, 0.15) is 17.6 Å². The predicted molar refractivity (Wildman–Crippen MR) is 176 cm³/mol. The average molecular weight is 649 g/mol. The van der Waals surface area contributed by atoms with Gasteiger partial charge in [0.15, 0.2) is 5.78 Å². The van der Waals surface area contributed by atoms with Crippen LogP contribution in [0, 0.1) is 29.5 Å². The molecule has 2 saturated heterocycles. The lowest BCUT2D eigenvalue weighted by atomic mass is 9.80. The molecule has 2 aromatic rings. The van der Waals surface area contributed by atoms with Crippen molar-refractivity contribution in [3.8, 4) is 0 Å². The summed E-state index contributed by atoms with van der Waals surface area (Å²) in [5.41, 5.74) is 0.964. The largest absolute Gasteiger partial charge is 0.346 e. The second kappa shape index (κ2) is 13.9. The van der Waals surface area contributed by atoms with E-state index in [9.17, 15) is 19.2 Å². The van der Waals surface area contributed by atoms with Crippen LogP contribution in [-0.2, 0) is 20.9 Å². The Morgan fingerprint density at radius 1 is 0.936 bits per heavy atom. The summed E-state index contributed by atoms with van der Waals surface area (Å²) in [6.45, 7) is 6.01. The lowest BCUT2D eigenvalue weighted by Gasteiger charge is -2.37. The molecule has 2 aliphatic heterocycles. The number of anilines is 1. The summed E-state index contributed by atoms with van der Waals surface area (Å²) < 4.78 is 17.4. The first-order valence-electron chi connectivity index (χ1n) is 17.6. The van der Waals surface area contributed by atoms with E-state index >= 15 is 4.39 Å². The lowest BCUT2D eigenvalue weighted by molar-refractivity contribution is -0.132. The Hall–Kier alpha value is -3.60. The van der Waals surface area contributed by atoms with Gasteiger partial charge >= 0.3 is 0 Å². The van der Waals surface area contributed by atoms with E-state index in [0.717, 1.165) is 51.4 Å². The van der Waals surface area contributed by atoms with Gasteiger partial charge in [-0.1, -0.05) is 19.9 Å². The minimum absolute atomic E-state index is 0.0104. The van der Waals surface area contributed by atoms with E-state index in [1.807, 2.05) is 13.8 Å². The number of rotatable bonds is 14. The number of hydrogen-bond acceptors (Lipinski definition) is 6. The Kier molecular flexibility index (Phi) is 9.82. The number of hydrogen-bond donors (Lipinski definition) is 3. The van der Waals surface area contributed by atoms with Gasteiger partial charge in [0.05, 0.1) is 11.7 Å². The number of amides is 3. The van der Waals surface area contributed by atoms with E-state index in [1.54, 1.807) is 29.9 Å². The van der Waals surface area contributed by atoms with Crippen molar-refractivity contribution >= 4 is 29.2 Å². The number of carbonyl (C=O) groups is 4. The van der Waals surface area contributed by atoms with Crippen LogP contribution in [0.2, 0.25) is 0 Å². The van der Waals surface area contributed by atoms with Crippen molar-refractivity contribution in [2.75, 3.05) is 12.4 Å². The Morgan fingerprint density at radius 2 is 1.60 bits per heavy atom. The maximum absolute atomic E-state index is 15.8. The van der Waals surface area contributed by atoms with Crippen LogP contribution < -0.4 is 16.0 Å². The molecule has 2 aliphatic carbocycles. The topological polar surface area (TPSA) is 125 Å². The van der Waals surface area contributed by atoms with Crippen molar-refractivity contribution in [2.24, 2.45) is 23.7 Å². The normalized spacial score (nSPS) is 24.4. The Labute approximate surface area is 276 Å². The zero-order valence-electron chi connectivity index (χ0n) is 28.0. The van der Waals surface area contributed by atoms with E-state index in [1.165, 1.54) is 12.1 Å². The SMILES string of the molecule is CCC(=O)N[C@@H](C(=O)C1C[C@H]2CC[C@@H](C1)N2C)[C@@H](C)c1ccc(NC(=O)[C@@H](NC(=O)c2ccnn2CC)C(C2CC2)C2CC2)c(F)c1. The molecule has 4 fully saturated rings. The highest BCUT2D eigenvalue weighted by Crippen LogP contribution is 2.51. The van der Waals surface area contributed by atoms with Gasteiger partial charge in [-0.2, -0.15) is 5.10 Å². The van der Waals surface area contributed by atoms with Crippen LogP contribution >= 0.6 is 0 Å². The van der Waals surface area contributed by atoms with Crippen molar-refractivity contribution in [3.05, 3.63) is 47.5 Å². The first kappa shape index (κ1) is 33.3. The molecule has 2 saturated carbocycles. The van der Waals surface area contributed by atoms with E-state index < -0.39 is 29.7 Å².